The minimum Gasteiger partial charge on any atom is -0.490 e. The van der Waals surface area contributed by atoms with E-state index >= 15 is 0 Å². The molecule has 0 unspecified atom stereocenters. The Morgan fingerprint density at radius 3 is 2.54 bits per heavy atom. The van der Waals surface area contributed by atoms with Crippen LogP contribution in [0.25, 0.3) is 10.9 Å². The molecule has 0 saturated carbocycles. The lowest BCUT2D eigenvalue weighted by atomic mass is 10.1. The number of amides is 2. The van der Waals surface area contributed by atoms with Gasteiger partial charge in [-0.1, -0.05) is 6.07 Å². The molecule has 0 aliphatic carbocycles. The largest absolute Gasteiger partial charge is 0.490 e. The van der Waals surface area contributed by atoms with Gasteiger partial charge < -0.3 is 24.8 Å². The number of ether oxygens (including phenoxy) is 3. The lowest BCUT2D eigenvalue weighted by Gasteiger charge is -2.12. The lowest BCUT2D eigenvalue weighted by Crippen LogP contribution is -2.19. The average Bonchev–Trinajstić information content (AvgIpc) is 2.85. The number of nitrogens with zero attached hydrogens (tertiary/aromatic N) is 2. The Labute approximate surface area is 207 Å². The van der Waals surface area contributed by atoms with Crippen molar-refractivity contribution in [1.82, 2.24) is 4.98 Å². The van der Waals surface area contributed by atoms with E-state index in [2.05, 4.69) is 34.3 Å². The monoisotopic (exact) mass is 486 g/mol. The third-order valence-corrected chi connectivity index (χ3v) is 5.19. The third-order valence-electron chi connectivity index (χ3n) is 4.91. The molecule has 1 aromatic heterocycles. The fourth-order valence-corrected chi connectivity index (χ4v) is 3.51. The molecule has 0 saturated heterocycles. The maximum Gasteiger partial charge on any atom is 0.323 e. The van der Waals surface area contributed by atoms with Crippen molar-refractivity contribution in [2.45, 2.75) is 4.90 Å². The normalized spacial score (nSPS) is 10.4. The second kappa shape index (κ2) is 11.2. The van der Waals surface area contributed by atoms with Gasteiger partial charge in [-0.3, -0.25) is 4.98 Å². The van der Waals surface area contributed by atoms with Gasteiger partial charge in [-0.15, -0.1) is 12.6 Å². The number of carbonyl (C=O) groups excluding carboxylic acids is 1. The van der Waals surface area contributed by atoms with Crippen LogP contribution in [0.1, 0.15) is 5.56 Å². The van der Waals surface area contributed by atoms with Gasteiger partial charge in [0.25, 0.3) is 0 Å². The van der Waals surface area contributed by atoms with Gasteiger partial charge in [-0.25, -0.2) is 4.79 Å². The van der Waals surface area contributed by atoms with E-state index in [1.165, 1.54) is 0 Å². The molecule has 2 N–H and O–H groups in total. The maximum atomic E-state index is 12.3. The molecule has 0 aliphatic heterocycles. The SMILES string of the molecule is COCCOc1cc2nccc(Oc3ccc(NC(=O)Nc4cccc(S)c4)cc3)c2cc1C#N. The number of rotatable bonds is 8. The molecule has 8 nitrogen and oxygen atoms in total. The van der Waals surface area contributed by atoms with Crippen molar-refractivity contribution in [3.8, 4) is 23.3 Å². The fraction of sp³-hybridized carbons (Fsp3) is 0.115. The zero-order chi connectivity index (χ0) is 24.6. The summed E-state index contributed by atoms with van der Waals surface area (Å²) in [5.74, 6) is 1.54. The molecule has 4 aromatic rings. The van der Waals surface area contributed by atoms with Gasteiger partial charge in [0.15, 0.2) is 0 Å². The van der Waals surface area contributed by atoms with E-state index in [9.17, 15) is 10.1 Å². The Balaban J connectivity index is 1.47. The molecule has 0 aliphatic rings. The molecule has 3 aromatic carbocycles. The van der Waals surface area contributed by atoms with E-state index in [4.69, 9.17) is 14.2 Å². The summed E-state index contributed by atoms with van der Waals surface area (Å²) in [6, 6.07) is 21.0. The van der Waals surface area contributed by atoms with E-state index < -0.39 is 0 Å². The van der Waals surface area contributed by atoms with Gasteiger partial charge in [0.1, 0.15) is 29.9 Å². The first-order valence-electron chi connectivity index (χ1n) is 10.7. The first-order chi connectivity index (χ1) is 17.1. The standard InChI is InChI=1S/C26H22N4O4S/c1-32-11-12-33-25-15-23-22(13-17(25)16-27)24(9-10-28-23)34-20-7-5-18(6-8-20)29-26(31)30-19-3-2-4-21(35)14-19/h2-10,13-15,35H,11-12H2,1H3,(H2,29,30,31). The summed E-state index contributed by atoms with van der Waals surface area (Å²) in [6.45, 7) is 0.738. The van der Waals surface area contributed by atoms with E-state index in [0.29, 0.717) is 58.3 Å². The zero-order valence-electron chi connectivity index (χ0n) is 18.8. The molecule has 0 spiro atoms. The van der Waals surface area contributed by atoms with Gasteiger partial charge in [0.05, 0.1) is 17.7 Å². The fourth-order valence-electron chi connectivity index (χ4n) is 3.29. The van der Waals surface area contributed by atoms with E-state index in [0.717, 1.165) is 4.90 Å². The molecule has 9 heteroatoms. The highest BCUT2D eigenvalue weighted by Crippen LogP contribution is 2.33. The van der Waals surface area contributed by atoms with Gasteiger partial charge in [-0.2, -0.15) is 5.26 Å². The second-order valence-electron chi connectivity index (χ2n) is 7.38. The highest BCUT2D eigenvalue weighted by Gasteiger charge is 2.12. The van der Waals surface area contributed by atoms with Gasteiger partial charge in [-0.05, 0) is 54.6 Å². The van der Waals surface area contributed by atoms with Crippen LogP contribution in [0, 0.1) is 11.3 Å². The van der Waals surface area contributed by atoms with Crippen LogP contribution in [0.5, 0.6) is 17.2 Å². The summed E-state index contributed by atoms with van der Waals surface area (Å²) in [7, 11) is 1.58. The van der Waals surface area contributed by atoms with Gasteiger partial charge in [0, 0.05) is 41.0 Å². The molecular weight excluding hydrogens is 464 g/mol. The Hall–Kier alpha value is -4.26. The average molecular weight is 487 g/mol. The number of urea groups is 1. The highest BCUT2D eigenvalue weighted by molar-refractivity contribution is 7.80. The molecule has 176 valence electrons. The number of nitriles is 1. The summed E-state index contributed by atoms with van der Waals surface area (Å²) < 4.78 is 16.7. The summed E-state index contributed by atoms with van der Waals surface area (Å²) in [6.07, 6.45) is 1.63. The minimum absolute atomic E-state index is 0.326. The molecular formula is C26H22N4O4S. The number of hydrogen-bond acceptors (Lipinski definition) is 7. The number of pyridine rings is 1. The summed E-state index contributed by atoms with van der Waals surface area (Å²) in [5, 5.41) is 15.8. The van der Waals surface area contributed by atoms with Crippen LogP contribution >= 0.6 is 12.6 Å². The van der Waals surface area contributed by atoms with Crippen LogP contribution in [0.3, 0.4) is 0 Å². The van der Waals surface area contributed by atoms with E-state index in [1.54, 1.807) is 67.9 Å². The van der Waals surface area contributed by atoms with Crippen molar-refractivity contribution in [1.29, 1.82) is 5.26 Å². The molecule has 1 heterocycles. The topological polar surface area (TPSA) is 106 Å². The predicted octanol–water partition coefficient (Wildman–Crippen LogP) is 5.86. The lowest BCUT2D eigenvalue weighted by molar-refractivity contribution is 0.146. The summed E-state index contributed by atoms with van der Waals surface area (Å²) >= 11 is 4.27. The number of aromatic nitrogens is 1. The quantitative estimate of drug-likeness (QED) is 0.213. The van der Waals surface area contributed by atoms with Gasteiger partial charge >= 0.3 is 6.03 Å². The summed E-state index contributed by atoms with van der Waals surface area (Å²) in [5.41, 5.74) is 2.25. The Morgan fingerprint density at radius 1 is 1.00 bits per heavy atom. The number of fused-ring (bicyclic) bond motifs is 1. The molecule has 2 amide bonds. The van der Waals surface area contributed by atoms with Crippen molar-refractivity contribution in [2.24, 2.45) is 0 Å². The molecule has 0 bridgehead atoms. The molecule has 35 heavy (non-hydrogen) atoms. The zero-order valence-corrected chi connectivity index (χ0v) is 19.7. The van der Waals surface area contributed by atoms with Gasteiger partial charge in [0.2, 0.25) is 0 Å². The number of methoxy groups -OCH3 is 1. The van der Waals surface area contributed by atoms with Crippen LogP contribution < -0.4 is 20.1 Å². The van der Waals surface area contributed by atoms with Crippen LogP contribution in [-0.4, -0.2) is 31.3 Å². The van der Waals surface area contributed by atoms with Crippen molar-refractivity contribution in [3.63, 3.8) is 0 Å². The van der Waals surface area contributed by atoms with Crippen LogP contribution in [0.15, 0.2) is 77.8 Å². The number of benzene rings is 3. The Morgan fingerprint density at radius 2 is 1.80 bits per heavy atom. The molecule has 4 rings (SSSR count). The van der Waals surface area contributed by atoms with Crippen molar-refractivity contribution in [2.75, 3.05) is 31.0 Å². The number of carbonyl (C=O) groups is 1. The minimum atomic E-state index is -0.370. The number of anilines is 2. The maximum absolute atomic E-state index is 12.3. The van der Waals surface area contributed by atoms with E-state index in [1.807, 2.05) is 12.1 Å². The number of hydrogen-bond donors (Lipinski definition) is 3. The Bertz CT molecular complexity index is 1390. The molecule has 0 fully saturated rings. The van der Waals surface area contributed by atoms with E-state index in [-0.39, 0.29) is 6.03 Å². The molecule has 0 radical (unpaired) electrons. The molecule has 0 atom stereocenters. The first kappa shape index (κ1) is 23.9. The smallest absolute Gasteiger partial charge is 0.323 e. The highest BCUT2D eigenvalue weighted by atomic mass is 32.1. The van der Waals surface area contributed by atoms with Crippen LogP contribution in [0.2, 0.25) is 0 Å². The van der Waals surface area contributed by atoms with Crippen molar-refractivity contribution in [3.05, 3.63) is 78.5 Å². The Kier molecular flexibility index (Phi) is 7.67. The number of nitrogens with one attached hydrogen (secondary N) is 2. The van der Waals surface area contributed by atoms with Crippen molar-refractivity contribution >= 4 is 40.9 Å². The first-order valence-corrected chi connectivity index (χ1v) is 11.1. The summed E-state index contributed by atoms with van der Waals surface area (Å²) in [4.78, 5) is 17.4. The predicted molar refractivity (Wildman–Crippen MR) is 137 cm³/mol. The van der Waals surface area contributed by atoms with Crippen LogP contribution in [-0.2, 0) is 4.74 Å². The van der Waals surface area contributed by atoms with Crippen molar-refractivity contribution < 1.29 is 19.0 Å². The van der Waals surface area contributed by atoms with Crippen LogP contribution in [0.4, 0.5) is 16.2 Å². The number of thiol groups is 1. The second-order valence-corrected chi connectivity index (χ2v) is 7.90. The third kappa shape index (κ3) is 6.20.